The Kier molecular flexibility index (Phi) is 3.94. The lowest BCUT2D eigenvalue weighted by atomic mass is 9.97. The highest BCUT2D eigenvalue weighted by Gasteiger charge is 2.24. The first-order valence-electron chi connectivity index (χ1n) is 5.44. The van der Waals surface area contributed by atoms with Crippen LogP contribution in [0.2, 0.25) is 0 Å². The Hall–Kier alpha value is 0.270. The Morgan fingerprint density at radius 3 is 1.92 bits per heavy atom. The minimum absolute atomic E-state index is 0.460. The van der Waals surface area contributed by atoms with Crippen molar-refractivity contribution in [2.75, 3.05) is 0 Å². The number of hydrogen-bond acceptors (Lipinski definition) is 3. The molecular formula is C10H18O2S. The molecule has 2 rings (SSSR count). The second-order valence-corrected chi connectivity index (χ2v) is 4.61. The summed E-state index contributed by atoms with van der Waals surface area (Å²) < 4.78 is 11.0. The Bertz CT molecular complexity index is 138. The minimum atomic E-state index is 0.460. The SMILES string of the molecule is C1CCCC2CC(CCC1)OSO2. The van der Waals surface area contributed by atoms with Crippen molar-refractivity contribution in [3.05, 3.63) is 0 Å². The van der Waals surface area contributed by atoms with E-state index in [4.69, 9.17) is 8.37 Å². The molecule has 0 aromatic rings. The standard InChI is InChI=1S/C10H18O2S/c1-2-4-6-9-8-10(7-5-3-1)12-13-11-9/h9-10H,1-8H2. The molecule has 2 unspecified atom stereocenters. The number of fused-ring (bicyclic) bond motifs is 2. The Balaban J connectivity index is 1.83. The molecule has 0 spiro atoms. The van der Waals surface area contributed by atoms with E-state index < -0.39 is 0 Å². The molecule has 76 valence electrons. The highest BCUT2D eigenvalue weighted by Crippen LogP contribution is 2.31. The molecule has 1 heterocycles. The van der Waals surface area contributed by atoms with Crippen molar-refractivity contribution >= 4 is 12.3 Å². The average Bonchev–Trinajstić information content (AvgIpc) is 2.17. The minimum Gasteiger partial charge on any atom is -0.288 e. The van der Waals surface area contributed by atoms with Gasteiger partial charge in [0.15, 0.2) is 12.3 Å². The highest BCUT2D eigenvalue weighted by molar-refractivity contribution is 7.89. The van der Waals surface area contributed by atoms with Crippen LogP contribution in [0.1, 0.15) is 51.4 Å². The molecule has 0 N–H and O–H groups in total. The largest absolute Gasteiger partial charge is 0.288 e. The van der Waals surface area contributed by atoms with Crippen LogP contribution in [0.5, 0.6) is 0 Å². The van der Waals surface area contributed by atoms with E-state index in [9.17, 15) is 0 Å². The van der Waals surface area contributed by atoms with Crippen LogP contribution in [0.4, 0.5) is 0 Å². The van der Waals surface area contributed by atoms with Crippen LogP contribution in [0.25, 0.3) is 0 Å². The zero-order valence-corrected chi connectivity index (χ0v) is 8.85. The van der Waals surface area contributed by atoms with Crippen molar-refractivity contribution in [1.82, 2.24) is 0 Å². The summed E-state index contributed by atoms with van der Waals surface area (Å²) in [5.41, 5.74) is 0. The fourth-order valence-electron chi connectivity index (χ4n) is 2.11. The van der Waals surface area contributed by atoms with Gasteiger partial charge in [0.05, 0.1) is 12.2 Å². The fraction of sp³-hybridized carbons (Fsp3) is 1.00. The fourth-order valence-corrected chi connectivity index (χ4v) is 2.73. The van der Waals surface area contributed by atoms with Gasteiger partial charge in [0.25, 0.3) is 0 Å². The van der Waals surface area contributed by atoms with Gasteiger partial charge in [0.1, 0.15) is 0 Å². The van der Waals surface area contributed by atoms with E-state index in [1.165, 1.54) is 57.3 Å². The molecular weight excluding hydrogens is 184 g/mol. The quantitative estimate of drug-likeness (QED) is 0.560. The van der Waals surface area contributed by atoms with Crippen LogP contribution in [-0.2, 0) is 8.37 Å². The highest BCUT2D eigenvalue weighted by atomic mass is 32.2. The first-order valence-corrected chi connectivity index (χ1v) is 6.10. The summed E-state index contributed by atoms with van der Waals surface area (Å²) >= 11 is 1.23. The molecule has 1 saturated heterocycles. The van der Waals surface area contributed by atoms with E-state index >= 15 is 0 Å². The molecule has 0 aromatic heterocycles. The maximum Gasteiger partial charge on any atom is 0.159 e. The number of hydrogen-bond donors (Lipinski definition) is 0. The van der Waals surface area contributed by atoms with Crippen LogP contribution in [-0.4, -0.2) is 12.2 Å². The summed E-state index contributed by atoms with van der Waals surface area (Å²) in [5, 5.41) is 0. The van der Waals surface area contributed by atoms with E-state index in [0.29, 0.717) is 12.2 Å². The van der Waals surface area contributed by atoms with Crippen LogP contribution < -0.4 is 0 Å². The second kappa shape index (κ2) is 5.23. The molecule has 13 heavy (non-hydrogen) atoms. The molecule has 2 fully saturated rings. The predicted octanol–water partition coefficient (Wildman–Crippen LogP) is 3.47. The molecule has 2 bridgehead atoms. The Morgan fingerprint density at radius 1 is 0.769 bits per heavy atom. The lowest BCUT2D eigenvalue weighted by molar-refractivity contribution is 0.0636. The molecule has 2 atom stereocenters. The van der Waals surface area contributed by atoms with Gasteiger partial charge in [-0.2, -0.15) is 0 Å². The van der Waals surface area contributed by atoms with E-state index in [1.54, 1.807) is 0 Å². The van der Waals surface area contributed by atoms with Gasteiger partial charge in [-0.05, 0) is 12.8 Å². The topological polar surface area (TPSA) is 18.5 Å². The van der Waals surface area contributed by atoms with Crippen molar-refractivity contribution < 1.29 is 8.37 Å². The third kappa shape index (κ3) is 3.15. The van der Waals surface area contributed by atoms with Crippen LogP contribution in [0.15, 0.2) is 0 Å². The summed E-state index contributed by atoms with van der Waals surface area (Å²) in [6.45, 7) is 0. The average molecular weight is 202 g/mol. The van der Waals surface area contributed by atoms with E-state index in [0.717, 1.165) is 6.42 Å². The van der Waals surface area contributed by atoms with Gasteiger partial charge in [-0.3, -0.25) is 8.37 Å². The van der Waals surface area contributed by atoms with Crippen molar-refractivity contribution in [2.24, 2.45) is 0 Å². The van der Waals surface area contributed by atoms with Gasteiger partial charge in [-0.25, -0.2) is 0 Å². The van der Waals surface area contributed by atoms with Crippen LogP contribution >= 0.6 is 12.3 Å². The summed E-state index contributed by atoms with van der Waals surface area (Å²) in [6.07, 6.45) is 11.3. The lowest BCUT2D eigenvalue weighted by Crippen LogP contribution is -2.25. The van der Waals surface area contributed by atoms with Gasteiger partial charge in [-0.1, -0.05) is 32.1 Å². The van der Waals surface area contributed by atoms with Crippen molar-refractivity contribution in [3.63, 3.8) is 0 Å². The normalized spacial score (nSPS) is 36.9. The predicted molar refractivity (Wildman–Crippen MR) is 54.3 cm³/mol. The zero-order chi connectivity index (χ0) is 8.93. The first-order chi connectivity index (χ1) is 6.45. The molecule has 1 aliphatic heterocycles. The zero-order valence-electron chi connectivity index (χ0n) is 8.04. The van der Waals surface area contributed by atoms with Crippen molar-refractivity contribution in [2.45, 2.75) is 63.6 Å². The summed E-state index contributed by atoms with van der Waals surface area (Å²) in [4.78, 5) is 0. The maximum atomic E-state index is 5.48. The van der Waals surface area contributed by atoms with E-state index in [1.807, 2.05) is 0 Å². The summed E-state index contributed by atoms with van der Waals surface area (Å²) in [6, 6.07) is 0. The smallest absolute Gasteiger partial charge is 0.159 e. The Morgan fingerprint density at radius 2 is 1.31 bits per heavy atom. The molecule has 0 radical (unpaired) electrons. The van der Waals surface area contributed by atoms with Gasteiger partial charge in [0, 0.05) is 6.42 Å². The van der Waals surface area contributed by atoms with Crippen LogP contribution in [0, 0.1) is 0 Å². The van der Waals surface area contributed by atoms with E-state index in [2.05, 4.69) is 0 Å². The molecule has 1 aliphatic carbocycles. The molecule has 2 aliphatic rings. The van der Waals surface area contributed by atoms with Crippen molar-refractivity contribution in [3.8, 4) is 0 Å². The second-order valence-electron chi connectivity index (χ2n) is 4.09. The number of rotatable bonds is 0. The van der Waals surface area contributed by atoms with Gasteiger partial charge < -0.3 is 0 Å². The Labute approximate surface area is 84.8 Å². The monoisotopic (exact) mass is 202 g/mol. The summed E-state index contributed by atoms with van der Waals surface area (Å²) in [7, 11) is 0. The first kappa shape index (κ1) is 9.81. The van der Waals surface area contributed by atoms with Gasteiger partial charge in [-0.15, -0.1) is 0 Å². The summed E-state index contributed by atoms with van der Waals surface area (Å²) in [5.74, 6) is 0. The van der Waals surface area contributed by atoms with Crippen molar-refractivity contribution in [1.29, 1.82) is 0 Å². The molecule has 0 amide bonds. The maximum absolute atomic E-state index is 5.48. The molecule has 0 aromatic carbocycles. The van der Waals surface area contributed by atoms with Crippen LogP contribution in [0.3, 0.4) is 0 Å². The lowest BCUT2D eigenvalue weighted by Gasteiger charge is -2.28. The van der Waals surface area contributed by atoms with Gasteiger partial charge in [0.2, 0.25) is 0 Å². The molecule has 3 heteroatoms. The third-order valence-electron chi connectivity index (χ3n) is 2.93. The molecule has 2 nitrogen and oxygen atoms in total. The third-order valence-corrected chi connectivity index (χ3v) is 3.63. The van der Waals surface area contributed by atoms with E-state index in [-0.39, 0.29) is 0 Å². The molecule has 1 saturated carbocycles. The van der Waals surface area contributed by atoms with Gasteiger partial charge >= 0.3 is 0 Å².